The maximum Gasteiger partial charge on any atom is 0.168 e. The van der Waals surface area contributed by atoms with Crippen LogP contribution in [0.3, 0.4) is 0 Å². The molecule has 1 aromatic heterocycles. The standard InChI is InChI=1S/C19H20F2N4/c1-24(2)11-12-25(3)19-13-7-4-5-10-16(13)22-18(23-19)17-14(20)8-6-9-15(17)21/h4-10H,11-12H2,1-3H3. The van der Waals surface area contributed by atoms with Crippen LogP contribution in [0.1, 0.15) is 0 Å². The van der Waals surface area contributed by atoms with E-state index in [0.29, 0.717) is 11.3 Å². The number of hydrogen-bond donors (Lipinski definition) is 0. The minimum absolute atomic E-state index is 0.0565. The molecule has 0 amide bonds. The summed E-state index contributed by atoms with van der Waals surface area (Å²) < 4.78 is 28.4. The van der Waals surface area contributed by atoms with E-state index in [-0.39, 0.29) is 11.4 Å². The molecular formula is C19H20F2N4. The third kappa shape index (κ3) is 3.58. The van der Waals surface area contributed by atoms with Gasteiger partial charge in [0.1, 0.15) is 17.5 Å². The highest BCUT2D eigenvalue weighted by Gasteiger charge is 2.18. The van der Waals surface area contributed by atoms with Crippen LogP contribution in [0.5, 0.6) is 0 Å². The number of fused-ring (bicyclic) bond motifs is 1. The van der Waals surface area contributed by atoms with E-state index < -0.39 is 11.6 Å². The molecule has 0 radical (unpaired) electrons. The number of nitrogens with zero attached hydrogens (tertiary/aromatic N) is 4. The summed E-state index contributed by atoms with van der Waals surface area (Å²) in [6.45, 7) is 1.56. The molecule has 2 aromatic carbocycles. The molecule has 0 atom stereocenters. The van der Waals surface area contributed by atoms with Crippen molar-refractivity contribution in [2.45, 2.75) is 0 Å². The first-order valence-electron chi connectivity index (χ1n) is 8.04. The number of hydrogen-bond acceptors (Lipinski definition) is 4. The molecule has 6 heteroatoms. The molecule has 0 aliphatic carbocycles. The summed E-state index contributed by atoms with van der Waals surface area (Å²) >= 11 is 0. The number of para-hydroxylation sites is 1. The predicted octanol–water partition coefficient (Wildman–Crippen LogP) is 3.57. The molecule has 0 unspecified atom stereocenters. The third-order valence-corrected chi connectivity index (χ3v) is 4.01. The average molecular weight is 342 g/mol. The van der Waals surface area contributed by atoms with Crippen LogP contribution in [-0.2, 0) is 0 Å². The first-order valence-corrected chi connectivity index (χ1v) is 8.04. The molecule has 4 nitrogen and oxygen atoms in total. The van der Waals surface area contributed by atoms with Crippen molar-refractivity contribution in [1.29, 1.82) is 0 Å². The third-order valence-electron chi connectivity index (χ3n) is 4.01. The average Bonchev–Trinajstić information content (AvgIpc) is 2.58. The fraction of sp³-hybridized carbons (Fsp3) is 0.263. The normalized spacial score (nSPS) is 11.3. The van der Waals surface area contributed by atoms with Crippen molar-refractivity contribution < 1.29 is 8.78 Å². The van der Waals surface area contributed by atoms with Gasteiger partial charge in [0.05, 0.1) is 11.1 Å². The Morgan fingerprint density at radius 2 is 1.52 bits per heavy atom. The lowest BCUT2D eigenvalue weighted by atomic mass is 10.1. The molecular weight excluding hydrogens is 322 g/mol. The van der Waals surface area contributed by atoms with Crippen molar-refractivity contribution in [2.75, 3.05) is 39.1 Å². The fourth-order valence-corrected chi connectivity index (χ4v) is 2.63. The second-order valence-corrected chi connectivity index (χ2v) is 6.21. The number of halogens is 2. The molecule has 130 valence electrons. The minimum Gasteiger partial charge on any atom is -0.358 e. The lowest BCUT2D eigenvalue weighted by molar-refractivity contribution is 0.416. The van der Waals surface area contributed by atoms with Crippen molar-refractivity contribution in [3.8, 4) is 11.4 Å². The fourth-order valence-electron chi connectivity index (χ4n) is 2.63. The monoisotopic (exact) mass is 342 g/mol. The summed E-state index contributed by atoms with van der Waals surface area (Å²) in [5.74, 6) is -0.625. The van der Waals surface area contributed by atoms with Crippen LogP contribution >= 0.6 is 0 Å². The summed E-state index contributed by atoms with van der Waals surface area (Å²) in [7, 11) is 5.90. The maximum absolute atomic E-state index is 14.2. The van der Waals surface area contributed by atoms with Crippen LogP contribution in [0.25, 0.3) is 22.3 Å². The number of aromatic nitrogens is 2. The lowest BCUT2D eigenvalue weighted by Crippen LogP contribution is -2.29. The van der Waals surface area contributed by atoms with Crippen LogP contribution in [0.15, 0.2) is 42.5 Å². The number of benzene rings is 2. The number of anilines is 1. The second kappa shape index (κ2) is 7.11. The van der Waals surface area contributed by atoms with Gasteiger partial charge in [-0.05, 0) is 38.4 Å². The molecule has 3 rings (SSSR count). The van der Waals surface area contributed by atoms with Gasteiger partial charge in [-0.3, -0.25) is 0 Å². The Labute approximate surface area is 145 Å². The molecule has 0 saturated carbocycles. The molecule has 0 aliphatic heterocycles. The molecule has 25 heavy (non-hydrogen) atoms. The van der Waals surface area contributed by atoms with Gasteiger partial charge in [-0.1, -0.05) is 18.2 Å². The molecule has 0 N–H and O–H groups in total. The van der Waals surface area contributed by atoms with E-state index >= 15 is 0 Å². The quantitative estimate of drug-likeness (QED) is 0.709. The molecule has 0 bridgehead atoms. The Hall–Kier alpha value is -2.60. The highest BCUT2D eigenvalue weighted by molar-refractivity contribution is 5.91. The summed E-state index contributed by atoms with van der Waals surface area (Å²) in [4.78, 5) is 12.9. The lowest BCUT2D eigenvalue weighted by Gasteiger charge is -2.22. The van der Waals surface area contributed by atoms with E-state index in [9.17, 15) is 8.78 Å². The zero-order valence-corrected chi connectivity index (χ0v) is 14.5. The molecule has 1 heterocycles. The van der Waals surface area contributed by atoms with Crippen LogP contribution in [0.2, 0.25) is 0 Å². The van der Waals surface area contributed by atoms with Crippen LogP contribution in [0, 0.1) is 11.6 Å². The van der Waals surface area contributed by atoms with E-state index in [1.165, 1.54) is 18.2 Å². The summed E-state index contributed by atoms with van der Waals surface area (Å²) in [6, 6.07) is 11.2. The van der Waals surface area contributed by atoms with Crippen molar-refractivity contribution >= 4 is 16.7 Å². The Morgan fingerprint density at radius 1 is 0.840 bits per heavy atom. The van der Waals surface area contributed by atoms with Gasteiger partial charge in [-0.15, -0.1) is 0 Å². The molecule has 0 fully saturated rings. The van der Waals surface area contributed by atoms with Gasteiger partial charge in [-0.25, -0.2) is 18.7 Å². The van der Waals surface area contributed by atoms with Crippen molar-refractivity contribution in [1.82, 2.24) is 14.9 Å². The predicted molar refractivity (Wildman–Crippen MR) is 96.7 cm³/mol. The minimum atomic E-state index is -0.669. The smallest absolute Gasteiger partial charge is 0.168 e. The Kier molecular flexibility index (Phi) is 4.90. The van der Waals surface area contributed by atoms with E-state index in [2.05, 4.69) is 14.9 Å². The highest BCUT2D eigenvalue weighted by atomic mass is 19.1. The van der Waals surface area contributed by atoms with Crippen molar-refractivity contribution in [3.63, 3.8) is 0 Å². The first kappa shape index (κ1) is 17.2. The van der Waals surface area contributed by atoms with E-state index in [1.807, 2.05) is 50.3 Å². The summed E-state index contributed by atoms with van der Waals surface area (Å²) in [5.41, 5.74) is 0.456. The van der Waals surface area contributed by atoms with Crippen LogP contribution < -0.4 is 4.90 Å². The van der Waals surface area contributed by atoms with Gasteiger partial charge >= 0.3 is 0 Å². The van der Waals surface area contributed by atoms with Gasteiger partial charge in [0.15, 0.2) is 5.82 Å². The Morgan fingerprint density at radius 3 is 2.20 bits per heavy atom. The van der Waals surface area contributed by atoms with Gasteiger partial charge in [0.2, 0.25) is 0 Å². The zero-order valence-electron chi connectivity index (χ0n) is 14.5. The molecule has 0 spiro atoms. The summed E-state index contributed by atoms with van der Waals surface area (Å²) in [6.07, 6.45) is 0. The zero-order chi connectivity index (χ0) is 18.0. The van der Waals surface area contributed by atoms with Crippen LogP contribution in [-0.4, -0.2) is 49.1 Å². The number of likely N-dealkylation sites (N-methyl/N-ethyl adjacent to an activating group) is 2. The van der Waals surface area contributed by atoms with E-state index in [1.54, 1.807) is 0 Å². The molecule has 3 aromatic rings. The maximum atomic E-state index is 14.2. The Bertz CT molecular complexity index is 875. The van der Waals surface area contributed by atoms with Gasteiger partial charge in [-0.2, -0.15) is 0 Å². The topological polar surface area (TPSA) is 32.3 Å². The Balaban J connectivity index is 2.16. The SMILES string of the molecule is CN(C)CCN(C)c1nc(-c2c(F)cccc2F)nc2ccccc12. The van der Waals surface area contributed by atoms with Crippen LogP contribution in [0.4, 0.5) is 14.6 Å². The highest BCUT2D eigenvalue weighted by Crippen LogP contribution is 2.29. The van der Waals surface area contributed by atoms with Gasteiger partial charge in [0.25, 0.3) is 0 Å². The van der Waals surface area contributed by atoms with Crippen molar-refractivity contribution in [3.05, 3.63) is 54.1 Å². The summed E-state index contributed by atoms with van der Waals surface area (Å²) in [5, 5.41) is 0.851. The largest absolute Gasteiger partial charge is 0.358 e. The van der Waals surface area contributed by atoms with E-state index in [0.717, 1.165) is 18.5 Å². The second-order valence-electron chi connectivity index (χ2n) is 6.21. The number of rotatable bonds is 5. The van der Waals surface area contributed by atoms with Gasteiger partial charge < -0.3 is 9.80 Å². The van der Waals surface area contributed by atoms with Crippen molar-refractivity contribution in [2.24, 2.45) is 0 Å². The van der Waals surface area contributed by atoms with E-state index in [4.69, 9.17) is 0 Å². The van der Waals surface area contributed by atoms with Gasteiger partial charge in [0, 0.05) is 25.5 Å². The molecule has 0 aliphatic rings. The molecule has 0 saturated heterocycles. The first-order chi connectivity index (χ1) is 12.0.